The highest BCUT2D eigenvalue weighted by molar-refractivity contribution is 7.99. The van der Waals surface area contributed by atoms with Gasteiger partial charge in [-0.05, 0) is 38.2 Å². The van der Waals surface area contributed by atoms with E-state index in [1.165, 1.54) is 4.90 Å². The fraction of sp³-hybridized carbons (Fsp3) is 0.500. The molecule has 0 unspecified atom stereocenters. The highest BCUT2D eigenvalue weighted by atomic mass is 32.2. The first-order valence-electron chi connectivity index (χ1n) is 7.59. The Hall–Kier alpha value is -1.69. The van der Waals surface area contributed by atoms with E-state index in [2.05, 4.69) is 21.6 Å². The zero-order chi connectivity index (χ0) is 15.9. The van der Waals surface area contributed by atoms with E-state index in [4.69, 9.17) is 0 Å². The average Bonchev–Trinajstić information content (AvgIpc) is 2.67. The summed E-state index contributed by atoms with van der Waals surface area (Å²) in [5, 5.41) is 5.44. The van der Waals surface area contributed by atoms with E-state index in [0.29, 0.717) is 0 Å². The maximum Gasteiger partial charge on any atom is 0.239 e. The molecule has 0 fully saturated rings. The molecule has 22 heavy (non-hydrogen) atoms. The van der Waals surface area contributed by atoms with Crippen LogP contribution < -0.4 is 15.5 Å². The van der Waals surface area contributed by atoms with Crippen LogP contribution in [0.2, 0.25) is 0 Å². The zero-order valence-electron chi connectivity index (χ0n) is 13.1. The third-order valence-electron chi connectivity index (χ3n) is 3.27. The first-order chi connectivity index (χ1) is 10.6. The van der Waals surface area contributed by atoms with Crippen LogP contribution in [0.4, 0.5) is 5.69 Å². The Morgan fingerprint density at radius 3 is 2.82 bits per heavy atom. The summed E-state index contributed by atoms with van der Waals surface area (Å²) >= 11 is 1.83. The van der Waals surface area contributed by atoms with E-state index in [0.717, 1.165) is 24.4 Å². The van der Waals surface area contributed by atoms with E-state index in [-0.39, 0.29) is 30.9 Å². The van der Waals surface area contributed by atoms with Crippen molar-refractivity contribution in [3.05, 3.63) is 24.3 Å². The number of rotatable bonds is 5. The number of para-hydroxylation sites is 1. The molecule has 1 aliphatic heterocycles. The lowest BCUT2D eigenvalue weighted by Crippen LogP contribution is -2.43. The molecule has 0 bridgehead atoms. The summed E-state index contributed by atoms with van der Waals surface area (Å²) in [5.74, 6) is 0.780. The number of nitrogens with one attached hydrogen (secondary N) is 2. The number of benzene rings is 1. The third kappa shape index (κ3) is 4.94. The van der Waals surface area contributed by atoms with Crippen molar-refractivity contribution < 1.29 is 9.59 Å². The topological polar surface area (TPSA) is 61.4 Å². The number of thioether (sulfide) groups is 1. The highest BCUT2D eigenvalue weighted by Gasteiger charge is 2.18. The van der Waals surface area contributed by atoms with Gasteiger partial charge in [-0.3, -0.25) is 9.59 Å². The van der Waals surface area contributed by atoms with Crippen molar-refractivity contribution >= 4 is 29.3 Å². The summed E-state index contributed by atoms with van der Waals surface area (Å²) in [6.07, 6.45) is 1.04. The van der Waals surface area contributed by atoms with Crippen molar-refractivity contribution in [2.45, 2.75) is 31.2 Å². The van der Waals surface area contributed by atoms with Gasteiger partial charge in [-0.2, -0.15) is 0 Å². The predicted molar refractivity (Wildman–Crippen MR) is 90.3 cm³/mol. The maximum absolute atomic E-state index is 12.1. The van der Waals surface area contributed by atoms with Crippen molar-refractivity contribution in [1.82, 2.24) is 10.6 Å². The zero-order valence-corrected chi connectivity index (χ0v) is 13.9. The third-order valence-corrected chi connectivity index (χ3v) is 4.42. The van der Waals surface area contributed by atoms with Gasteiger partial charge in [0.25, 0.3) is 0 Å². The van der Waals surface area contributed by atoms with Crippen molar-refractivity contribution in [2.24, 2.45) is 0 Å². The van der Waals surface area contributed by atoms with Gasteiger partial charge in [-0.15, -0.1) is 11.8 Å². The fourth-order valence-electron chi connectivity index (χ4n) is 2.34. The molecule has 2 rings (SSSR count). The predicted octanol–water partition coefficient (Wildman–Crippen LogP) is 1.63. The monoisotopic (exact) mass is 321 g/mol. The number of hydrogen-bond acceptors (Lipinski definition) is 4. The lowest BCUT2D eigenvalue weighted by Gasteiger charge is -2.23. The standard InChI is InChI=1S/C16H23N3O2S/c1-12(2)18-15(20)10-17-16(21)11-19-8-5-9-22-14-7-4-3-6-13(14)19/h3-4,6-7,12H,5,8-11H2,1-2H3,(H,17,21)(H,18,20). The van der Waals surface area contributed by atoms with Gasteiger partial charge in [-0.1, -0.05) is 12.1 Å². The van der Waals surface area contributed by atoms with Crippen LogP contribution in [0.25, 0.3) is 0 Å². The number of carbonyl (C=O) groups is 2. The van der Waals surface area contributed by atoms with Crippen LogP contribution in [0.3, 0.4) is 0 Å². The second-order valence-corrected chi connectivity index (χ2v) is 6.73. The fourth-order valence-corrected chi connectivity index (χ4v) is 3.36. The molecular formula is C16H23N3O2S. The Morgan fingerprint density at radius 1 is 1.27 bits per heavy atom. The van der Waals surface area contributed by atoms with Gasteiger partial charge in [0, 0.05) is 17.5 Å². The quantitative estimate of drug-likeness (QED) is 0.865. The van der Waals surface area contributed by atoms with Crippen LogP contribution in [-0.2, 0) is 9.59 Å². The summed E-state index contributed by atoms with van der Waals surface area (Å²) in [6, 6.07) is 8.23. The van der Waals surface area contributed by atoms with E-state index < -0.39 is 0 Å². The number of anilines is 1. The molecule has 0 aromatic heterocycles. The number of fused-ring (bicyclic) bond motifs is 1. The van der Waals surface area contributed by atoms with Crippen LogP contribution >= 0.6 is 11.8 Å². The minimum Gasteiger partial charge on any atom is -0.361 e. The molecule has 2 amide bonds. The number of hydrogen-bond donors (Lipinski definition) is 2. The highest BCUT2D eigenvalue weighted by Crippen LogP contribution is 2.33. The lowest BCUT2D eigenvalue weighted by molar-refractivity contribution is -0.125. The van der Waals surface area contributed by atoms with Crippen LogP contribution in [0.5, 0.6) is 0 Å². The summed E-state index contributed by atoms with van der Waals surface area (Å²) in [7, 11) is 0. The Labute approximate surface area is 135 Å². The van der Waals surface area contributed by atoms with E-state index in [9.17, 15) is 9.59 Å². The molecule has 0 saturated carbocycles. The molecule has 1 aromatic rings. The van der Waals surface area contributed by atoms with Crippen LogP contribution in [0.1, 0.15) is 20.3 Å². The molecule has 120 valence electrons. The summed E-state index contributed by atoms with van der Waals surface area (Å²) in [5.41, 5.74) is 1.10. The Kier molecular flexibility index (Phi) is 6.12. The summed E-state index contributed by atoms with van der Waals surface area (Å²) in [4.78, 5) is 26.9. The average molecular weight is 321 g/mol. The molecule has 1 aromatic carbocycles. The van der Waals surface area contributed by atoms with Gasteiger partial charge in [0.15, 0.2) is 0 Å². The van der Waals surface area contributed by atoms with E-state index >= 15 is 0 Å². The minimum atomic E-state index is -0.157. The molecule has 0 saturated heterocycles. The van der Waals surface area contributed by atoms with Gasteiger partial charge < -0.3 is 15.5 Å². The van der Waals surface area contributed by atoms with Gasteiger partial charge >= 0.3 is 0 Å². The normalized spacial score (nSPS) is 14.2. The van der Waals surface area contributed by atoms with Gasteiger partial charge in [0.05, 0.1) is 18.8 Å². The van der Waals surface area contributed by atoms with Crippen molar-refractivity contribution in [1.29, 1.82) is 0 Å². The van der Waals surface area contributed by atoms with E-state index in [1.807, 2.05) is 43.8 Å². The number of amides is 2. The van der Waals surface area contributed by atoms with Crippen LogP contribution in [0.15, 0.2) is 29.2 Å². The second kappa shape index (κ2) is 8.08. The molecule has 0 atom stereocenters. The Balaban J connectivity index is 1.90. The molecule has 5 nitrogen and oxygen atoms in total. The molecule has 0 radical (unpaired) electrons. The Bertz CT molecular complexity index is 534. The first kappa shape index (κ1) is 16.7. The molecular weight excluding hydrogens is 298 g/mol. The maximum atomic E-state index is 12.1. The first-order valence-corrected chi connectivity index (χ1v) is 8.57. The van der Waals surface area contributed by atoms with Gasteiger partial charge in [-0.25, -0.2) is 0 Å². The van der Waals surface area contributed by atoms with E-state index in [1.54, 1.807) is 0 Å². The van der Waals surface area contributed by atoms with Crippen LogP contribution in [-0.4, -0.2) is 43.2 Å². The number of carbonyl (C=O) groups excluding carboxylic acids is 2. The van der Waals surface area contributed by atoms with Crippen LogP contribution in [0, 0.1) is 0 Å². The Morgan fingerprint density at radius 2 is 2.05 bits per heavy atom. The second-order valence-electron chi connectivity index (χ2n) is 5.59. The van der Waals surface area contributed by atoms with Crippen molar-refractivity contribution in [3.8, 4) is 0 Å². The van der Waals surface area contributed by atoms with Gasteiger partial charge in [0.2, 0.25) is 11.8 Å². The lowest BCUT2D eigenvalue weighted by atomic mass is 10.2. The SMILES string of the molecule is CC(C)NC(=O)CNC(=O)CN1CCCSc2ccccc21. The molecule has 0 spiro atoms. The molecule has 1 heterocycles. The molecule has 2 N–H and O–H groups in total. The largest absolute Gasteiger partial charge is 0.361 e. The molecule has 6 heteroatoms. The number of nitrogens with zero attached hydrogens (tertiary/aromatic N) is 1. The van der Waals surface area contributed by atoms with Crippen molar-refractivity contribution in [3.63, 3.8) is 0 Å². The van der Waals surface area contributed by atoms with Crippen molar-refractivity contribution in [2.75, 3.05) is 30.3 Å². The smallest absolute Gasteiger partial charge is 0.239 e. The molecule has 0 aliphatic carbocycles. The summed E-state index contributed by atoms with van der Waals surface area (Å²) < 4.78 is 0. The minimum absolute atomic E-state index is 0.0290. The summed E-state index contributed by atoms with van der Waals surface area (Å²) in [6.45, 7) is 4.96. The van der Waals surface area contributed by atoms with Gasteiger partial charge in [0.1, 0.15) is 0 Å². The molecule has 1 aliphatic rings.